The van der Waals surface area contributed by atoms with Gasteiger partial charge in [0.1, 0.15) is 0 Å². The average Bonchev–Trinajstić information content (AvgIpc) is 3.00. The van der Waals surface area contributed by atoms with Crippen molar-refractivity contribution in [2.75, 3.05) is 0 Å². The molecule has 4 rings (SSSR count). The molecule has 1 N–H and O–H groups in total. The highest BCUT2D eigenvalue weighted by atomic mass is 16.3. The summed E-state index contributed by atoms with van der Waals surface area (Å²) in [5.41, 5.74) is 1.77. The Balaban J connectivity index is 1.54. The van der Waals surface area contributed by atoms with E-state index in [1.54, 1.807) is 0 Å². The molecule has 0 bridgehead atoms. The minimum Gasteiger partial charge on any atom is -0.393 e. The minimum atomic E-state index is -0.241. The Hall–Kier alpha value is -0.630. The van der Waals surface area contributed by atoms with Crippen LogP contribution in [0, 0.1) is 46.3 Å². The van der Waals surface area contributed by atoms with E-state index in [-0.39, 0.29) is 17.4 Å². The summed E-state index contributed by atoms with van der Waals surface area (Å²) in [4.78, 5) is 13.4. The zero-order chi connectivity index (χ0) is 21.0. The highest BCUT2D eigenvalue weighted by Gasteiger charge is 2.61. The third kappa shape index (κ3) is 3.56. The molecule has 0 spiro atoms. The van der Waals surface area contributed by atoms with E-state index < -0.39 is 0 Å². The standard InChI is InChI=1S/C27H44O2/c1-17(2)7-6-8-18(3)21-9-10-22-25-23(12-14-27(21,22)5)26(4)13-11-20(28)15-19(26)16-24(25)29/h16-18,20-23,25,28H,6-15H2,1-5H3/t18-,20+,21+,22-,23-,25-,26-,27+/m0/s1. The molecular formula is C27H44O2. The Bertz CT molecular complexity index is 663. The molecular weight excluding hydrogens is 356 g/mol. The van der Waals surface area contributed by atoms with Gasteiger partial charge in [-0.3, -0.25) is 4.79 Å². The summed E-state index contributed by atoms with van der Waals surface area (Å²) in [5, 5.41) is 10.2. The van der Waals surface area contributed by atoms with Crippen molar-refractivity contribution in [1.82, 2.24) is 0 Å². The number of ketones is 1. The van der Waals surface area contributed by atoms with Crippen LogP contribution in [0.4, 0.5) is 0 Å². The van der Waals surface area contributed by atoms with Crippen LogP contribution in [0.25, 0.3) is 0 Å². The van der Waals surface area contributed by atoms with Gasteiger partial charge in [0.05, 0.1) is 6.10 Å². The normalized spacial score (nSPS) is 45.4. The monoisotopic (exact) mass is 400 g/mol. The topological polar surface area (TPSA) is 37.3 Å². The summed E-state index contributed by atoms with van der Waals surface area (Å²) in [6.07, 6.45) is 13.6. The van der Waals surface area contributed by atoms with Crippen molar-refractivity contribution in [2.24, 2.45) is 46.3 Å². The van der Waals surface area contributed by atoms with Crippen molar-refractivity contribution in [3.05, 3.63) is 11.6 Å². The van der Waals surface area contributed by atoms with E-state index in [1.165, 1.54) is 50.5 Å². The fourth-order valence-corrected chi connectivity index (χ4v) is 8.41. The van der Waals surface area contributed by atoms with Crippen molar-refractivity contribution in [2.45, 2.75) is 105 Å². The van der Waals surface area contributed by atoms with E-state index >= 15 is 0 Å². The number of rotatable bonds is 5. The van der Waals surface area contributed by atoms with Crippen molar-refractivity contribution < 1.29 is 9.90 Å². The minimum absolute atomic E-state index is 0.153. The van der Waals surface area contributed by atoms with Crippen LogP contribution in [-0.4, -0.2) is 17.0 Å². The van der Waals surface area contributed by atoms with Crippen LogP contribution >= 0.6 is 0 Å². The molecule has 0 aromatic rings. The van der Waals surface area contributed by atoms with Crippen LogP contribution in [0.5, 0.6) is 0 Å². The zero-order valence-corrected chi connectivity index (χ0v) is 19.5. The number of aliphatic hydroxyl groups is 1. The first kappa shape index (κ1) is 21.6. The molecule has 0 amide bonds. The lowest BCUT2D eigenvalue weighted by molar-refractivity contribution is -0.135. The predicted molar refractivity (Wildman–Crippen MR) is 119 cm³/mol. The molecule has 4 aliphatic rings. The van der Waals surface area contributed by atoms with Gasteiger partial charge in [-0.2, -0.15) is 0 Å². The van der Waals surface area contributed by atoms with Crippen LogP contribution in [0.3, 0.4) is 0 Å². The van der Waals surface area contributed by atoms with Gasteiger partial charge >= 0.3 is 0 Å². The van der Waals surface area contributed by atoms with Crippen molar-refractivity contribution in [3.8, 4) is 0 Å². The third-order valence-corrected chi connectivity index (χ3v) is 10.1. The van der Waals surface area contributed by atoms with E-state index in [9.17, 15) is 9.90 Å². The fraction of sp³-hybridized carbons (Fsp3) is 0.889. The van der Waals surface area contributed by atoms with Gasteiger partial charge in [0.15, 0.2) is 5.78 Å². The Morgan fingerprint density at radius 1 is 1.03 bits per heavy atom. The first-order chi connectivity index (χ1) is 13.7. The maximum atomic E-state index is 13.4. The number of hydrogen-bond acceptors (Lipinski definition) is 2. The molecule has 3 saturated carbocycles. The lowest BCUT2D eigenvalue weighted by Gasteiger charge is -2.57. The first-order valence-corrected chi connectivity index (χ1v) is 12.6. The highest BCUT2D eigenvalue weighted by Crippen LogP contribution is 2.66. The summed E-state index contributed by atoms with van der Waals surface area (Å²) in [6, 6.07) is 0. The third-order valence-electron chi connectivity index (χ3n) is 10.1. The van der Waals surface area contributed by atoms with E-state index in [4.69, 9.17) is 0 Å². The molecule has 0 radical (unpaired) electrons. The van der Waals surface area contributed by atoms with Gasteiger partial charge in [-0.25, -0.2) is 0 Å². The van der Waals surface area contributed by atoms with Crippen LogP contribution in [0.15, 0.2) is 11.6 Å². The second kappa shape index (κ2) is 7.81. The highest BCUT2D eigenvalue weighted by molar-refractivity contribution is 5.94. The Morgan fingerprint density at radius 2 is 1.79 bits per heavy atom. The van der Waals surface area contributed by atoms with Gasteiger partial charge in [0, 0.05) is 5.92 Å². The second-order valence-corrected chi connectivity index (χ2v) is 12.2. The molecule has 0 unspecified atom stereocenters. The molecule has 0 aromatic heterocycles. The number of carbonyl (C=O) groups is 1. The zero-order valence-electron chi connectivity index (χ0n) is 19.5. The maximum absolute atomic E-state index is 13.4. The lowest BCUT2D eigenvalue weighted by atomic mass is 9.46. The molecule has 0 saturated heterocycles. The van der Waals surface area contributed by atoms with E-state index in [0.29, 0.717) is 23.0 Å². The van der Waals surface area contributed by atoms with E-state index in [1.807, 2.05) is 6.08 Å². The molecule has 0 aliphatic heterocycles. The summed E-state index contributed by atoms with van der Waals surface area (Å²) >= 11 is 0. The van der Waals surface area contributed by atoms with Crippen molar-refractivity contribution >= 4 is 5.78 Å². The van der Waals surface area contributed by atoms with Crippen LogP contribution in [0.2, 0.25) is 0 Å². The van der Waals surface area contributed by atoms with Crippen LogP contribution in [-0.2, 0) is 4.79 Å². The van der Waals surface area contributed by atoms with E-state index in [0.717, 1.165) is 37.0 Å². The van der Waals surface area contributed by atoms with Crippen molar-refractivity contribution in [1.29, 1.82) is 0 Å². The lowest BCUT2D eigenvalue weighted by Crippen LogP contribution is -2.53. The van der Waals surface area contributed by atoms with E-state index in [2.05, 4.69) is 34.6 Å². The smallest absolute Gasteiger partial charge is 0.159 e. The summed E-state index contributed by atoms with van der Waals surface area (Å²) < 4.78 is 0. The molecule has 0 heterocycles. The first-order valence-electron chi connectivity index (χ1n) is 12.6. The van der Waals surface area contributed by atoms with Crippen molar-refractivity contribution in [3.63, 3.8) is 0 Å². The molecule has 164 valence electrons. The van der Waals surface area contributed by atoms with Crippen LogP contribution < -0.4 is 0 Å². The summed E-state index contributed by atoms with van der Waals surface area (Å²) in [6.45, 7) is 12.1. The number of allylic oxidation sites excluding steroid dienone is 1. The molecule has 3 fully saturated rings. The predicted octanol–water partition coefficient (Wildman–Crippen LogP) is 6.57. The fourth-order valence-electron chi connectivity index (χ4n) is 8.41. The summed E-state index contributed by atoms with van der Waals surface area (Å²) in [7, 11) is 0. The SMILES string of the molecule is CC(C)CCC[C@H](C)[C@H]1CC[C@H]2[C@@H]3C(=O)C=C4C[C@H](O)CC[C@]4(C)[C@H]3CC[C@]12C. The van der Waals surface area contributed by atoms with Gasteiger partial charge in [-0.1, -0.05) is 59.5 Å². The second-order valence-electron chi connectivity index (χ2n) is 12.2. The maximum Gasteiger partial charge on any atom is 0.159 e. The molecule has 4 aliphatic carbocycles. The number of carbonyl (C=O) groups excluding carboxylic acids is 1. The molecule has 2 heteroatoms. The van der Waals surface area contributed by atoms with Gasteiger partial charge in [0.25, 0.3) is 0 Å². The van der Waals surface area contributed by atoms with Gasteiger partial charge in [-0.05, 0) is 91.4 Å². The number of aliphatic hydroxyl groups excluding tert-OH is 1. The van der Waals surface area contributed by atoms with Gasteiger partial charge < -0.3 is 5.11 Å². The molecule has 2 nitrogen and oxygen atoms in total. The molecule has 8 atom stereocenters. The Kier molecular flexibility index (Phi) is 5.82. The summed E-state index contributed by atoms with van der Waals surface area (Å²) in [5.74, 6) is 4.11. The Morgan fingerprint density at radius 3 is 2.52 bits per heavy atom. The molecule has 0 aromatic carbocycles. The number of hydrogen-bond donors (Lipinski definition) is 1. The largest absolute Gasteiger partial charge is 0.393 e. The van der Waals surface area contributed by atoms with Gasteiger partial charge in [0.2, 0.25) is 0 Å². The van der Waals surface area contributed by atoms with Gasteiger partial charge in [-0.15, -0.1) is 0 Å². The van der Waals surface area contributed by atoms with Crippen LogP contribution in [0.1, 0.15) is 98.8 Å². The molecule has 29 heavy (non-hydrogen) atoms. The number of fused-ring (bicyclic) bond motifs is 5. The Labute approximate surface area is 178 Å². The quantitative estimate of drug-likeness (QED) is 0.567. The average molecular weight is 401 g/mol.